The van der Waals surface area contributed by atoms with Crippen molar-refractivity contribution >= 4 is 31.9 Å². The summed E-state index contributed by atoms with van der Waals surface area (Å²) in [5.74, 6) is -5.31. The van der Waals surface area contributed by atoms with Crippen molar-refractivity contribution in [3.05, 3.63) is 23.6 Å². The molecule has 2 atom stereocenters. The van der Waals surface area contributed by atoms with Crippen molar-refractivity contribution in [2.75, 3.05) is 10.7 Å². The molecule has 0 amide bonds. The molecule has 1 aliphatic carbocycles. The van der Waals surface area contributed by atoms with Gasteiger partial charge in [0.1, 0.15) is 11.7 Å². The number of halogens is 6. The van der Waals surface area contributed by atoms with Crippen LogP contribution in [0.4, 0.5) is 17.6 Å². The molecule has 0 bridgehead atoms. The summed E-state index contributed by atoms with van der Waals surface area (Å²) >= 11 is 5.49. The molecule has 0 aromatic carbocycles. The second kappa shape index (κ2) is 4.35. The van der Waals surface area contributed by atoms with Gasteiger partial charge in [0.05, 0.1) is 5.33 Å². The average Bonchev–Trinajstić information content (AvgIpc) is 2.20. The monoisotopic (exact) mass is 336 g/mol. The van der Waals surface area contributed by atoms with E-state index in [1.54, 1.807) is 0 Å². The van der Waals surface area contributed by atoms with E-state index in [0.717, 1.165) is 6.08 Å². The number of alkyl halides is 3. The van der Waals surface area contributed by atoms with Gasteiger partial charge in [-0.25, -0.2) is 17.6 Å². The Balaban J connectivity index is 3.16. The van der Waals surface area contributed by atoms with E-state index in [4.69, 9.17) is 0 Å². The molecular weight excluding hydrogens is 332 g/mol. The highest BCUT2D eigenvalue weighted by molar-refractivity contribution is 9.09. The van der Waals surface area contributed by atoms with E-state index in [2.05, 4.69) is 31.9 Å². The average molecular weight is 338 g/mol. The molecular formula is C8H6Br2F4. The van der Waals surface area contributed by atoms with Crippen LogP contribution in [0.15, 0.2) is 23.6 Å². The van der Waals surface area contributed by atoms with E-state index in [-0.39, 0.29) is 5.33 Å². The zero-order valence-corrected chi connectivity index (χ0v) is 10.0. The molecule has 0 aromatic rings. The minimum Gasteiger partial charge on any atom is -0.227 e. The molecule has 0 spiro atoms. The summed E-state index contributed by atoms with van der Waals surface area (Å²) in [6.45, 7) is 0. The Bertz CT molecular complexity index is 300. The van der Waals surface area contributed by atoms with Gasteiger partial charge >= 0.3 is 0 Å². The number of hydrogen-bond acceptors (Lipinski definition) is 0. The van der Waals surface area contributed by atoms with Crippen LogP contribution in [-0.2, 0) is 0 Å². The molecule has 0 aromatic heterocycles. The summed E-state index contributed by atoms with van der Waals surface area (Å²) in [5, 5.41) is -0.630. The second-order valence-electron chi connectivity index (χ2n) is 2.87. The third-order valence-corrected chi connectivity index (χ3v) is 3.43. The molecule has 80 valence electrons. The summed E-state index contributed by atoms with van der Waals surface area (Å²) in [5.41, 5.74) is -2.98. The third-order valence-electron chi connectivity index (χ3n) is 1.96. The maximum absolute atomic E-state index is 13.5. The van der Waals surface area contributed by atoms with Crippen LogP contribution < -0.4 is 0 Å². The van der Waals surface area contributed by atoms with Crippen LogP contribution in [0.1, 0.15) is 0 Å². The van der Waals surface area contributed by atoms with Gasteiger partial charge < -0.3 is 0 Å². The first kappa shape index (κ1) is 12.2. The lowest BCUT2D eigenvalue weighted by Crippen LogP contribution is -2.32. The highest BCUT2D eigenvalue weighted by Gasteiger charge is 2.46. The fourth-order valence-electron chi connectivity index (χ4n) is 1.07. The Kier molecular flexibility index (Phi) is 3.80. The topological polar surface area (TPSA) is 0 Å². The van der Waals surface area contributed by atoms with Crippen LogP contribution in [0.2, 0.25) is 0 Å². The minimum atomic E-state index is -2.98. The van der Waals surface area contributed by atoms with Crippen LogP contribution in [0.3, 0.4) is 0 Å². The standard InChI is InChI=1S/C8H6Br2F4/c9-2-4-1-5(11)8(14,3-10)7(13)6(4)12/h1,4H,2-3H2. The molecule has 0 nitrogen and oxygen atoms in total. The maximum atomic E-state index is 13.5. The van der Waals surface area contributed by atoms with Crippen LogP contribution in [0, 0.1) is 5.92 Å². The van der Waals surface area contributed by atoms with E-state index in [1.165, 1.54) is 0 Å². The molecule has 0 radical (unpaired) electrons. The Morgan fingerprint density at radius 1 is 1.29 bits per heavy atom. The van der Waals surface area contributed by atoms with Gasteiger partial charge in [0.2, 0.25) is 5.67 Å². The molecule has 0 aliphatic heterocycles. The van der Waals surface area contributed by atoms with Gasteiger partial charge in [0.15, 0.2) is 5.83 Å². The van der Waals surface area contributed by atoms with Gasteiger partial charge in [-0.2, -0.15) is 0 Å². The van der Waals surface area contributed by atoms with Crippen molar-refractivity contribution in [1.29, 1.82) is 0 Å². The summed E-state index contributed by atoms with van der Waals surface area (Å²) in [6.07, 6.45) is 0.744. The molecule has 0 N–H and O–H groups in total. The van der Waals surface area contributed by atoms with E-state index >= 15 is 0 Å². The van der Waals surface area contributed by atoms with Gasteiger partial charge in [-0.15, -0.1) is 0 Å². The highest BCUT2D eigenvalue weighted by Crippen LogP contribution is 2.43. The van der Waals surface area contributed by atoms with Gasteiger partial charge in [-0.05, 0) is 6.08 Å². The van der Waals surface area contributed by atoms with E-state index in [0.29, 0.717) is 0 Å². The number of hydrogen-bond donors (Lipinski definition) is 0. The fourth-order valence-corrected chi connectivity index (χ4v) is 2.06. The number of allylic oxidation sites excluding steroid dienone is 4. The van der Waals surface area contributed by atoms with Crippen LogP contribution >= 0.6 is 31.9 Å². The Morgan fingerprint density at radius 2 is 1.86 bits per heavy atom. The lowest BCUT2D eigenvalue weighted by atomic mass is 9.93. The summed E-state index contributed by atoms with van der Waals surface area (Å²) in [4.78, 5) is 0. The fraction of sp³-hybridized carbons (Fsp3) is 0.500. The van der Waals surface area contributed by atoms with E-state index in [9.17, 15) is 17.6 Å². The summed E-state index contributed by atoms with van der Waals surface area (Å²) in [6, 6.07) is 0. The van der Waals surface area contributed by atoms with Crippen molar-refractivity contribution in [2.24, 2.45) is 5.92 Å². The van der Waals surface area contributed by atoms with E-state index < -0.39 is 34.4 Å². The molecule has 2 unspecified atom stereocenters. The third kappa shape index (κ3) is 1.78. The normalized spacial score (nSPS) is 33.3. The number of rotatable bonds is 2. The van der Waals surface area contributed by atoms with Crippen molar-refractivity contribution in [1.82, 2.24) is 0 Å². The van der Waals surface area contributed by atoms with Crippen molar-refractivity contribution in [3.63, 3.8) is 0 Å². The molecule has 0 heterocycles. The largest absolute Gasteiger partial charge is 0.227 e. The smallest absolute Gasteiger partial charge is 0.224 e. The predicted molar refractivity (Wildman–Crippen MR) is 53.4 cm³/mol. The summed E-state index contributed by atoms with van der Waals surface area (Å²) < 4.78 is 52.8. The molecule has 1 rings (SSSR count). The minimum absolute atomic E-state index is 0.0119. The Labute approximate surface area is 95.3 Å². The molecule has 6 heteroatoms. The molecule has 0 saturated heterocycles. The van der Waals surface area contributed by atoms with Gasteiger partial charge in [0.25, 0.3) is 0 Å². The maximum Gasteiger partial charge on any atom is 0.224 e. The van der Waals surface area contributed by atoms with Crippen molar-refractivity contribution in [2.45, 2.75) is 5.67 Å². The van der Waals surface area contributed by atoms with Crippen LogP contribution in [-0.4, -0.2) is 16.3 Å². The first-order valence-corrected chi connectivity index (χ1v) is 5.96. The van der Waals surface area contributed by atoms with Gasteiger partial charge in [-0.1, -0.05) is 31.9 Å². The molecule has 1 aliphatic rings. The van der Waals surface area contributed by atoms with Crippen LogP contribution in [0.25, 0.3) is 0 Å². The zero-order valence-electron chi connectivity index (χ0n) is 6.84. The molecule has 0 fully saturated rings. The Morgan fingerprint density at radius 3 is 2.29 bits per heavy atom. The summed E-state index contributed by atoms with van der Waals surface area (Å²) in [7, 11) is 0. The molecule has 0 saturated carbocycles. The Hall–Kier alpha value is 0.160. The van der Waals surface area contributed by atoms with E-state index in [1.807, 2.05) is 0 Å². The zero-order chi connectivity index (χ0) is 10.9. The first-order valence-electron chi connectivity index (χ1n) is 3.71. The lowest BCUT2D eigenvalue weighted by Gasteiger charge is -2.26. The SMILES string of the molecule is FC1=CC(CBr)C(F)=C(F)C1(F)CBr. The highest BCUT2D eigenvalue weighted by atomic mass is 79.9. The van der Waals surface area contributed by atoms with Gasteiger partial charge in [-0.3, -0.25) is 0 Å². The van der Waals surface area contributed by atoms with Crippen molar-refractivity contribution < 1.29 is 17.6 Å². The second-order valence-corrected chi connectivity index (χ2v) is 4.08. The van der Waals surface area contributed by atoms with Gasteiger partial charge in [0, 0.05) is 11.2 Å². The van der Waals surface area contributed by atoms with Crippen LogP contribution in [0.5, 0.6) is 0 Å². The van der Waals surface area contributed by atoms with Crippen molar-refractivity contribution in [3.8, 4) is 0 Å². The quantitative estimate of drug-likeness (QED) is 0.525. The molecule has 14 heavy (non-hydrogen) atoms. The lowest BCUT2D eigenvalue weighted by molar-refractivity contribution is 0.191. The first-order chi connectivity index (χ1) is 6.47. The predicted octanol–water partition coefficient (Wildman–Crippen LogP) is 4.12.